The van der Waals surface area contributed by atoms with E-state index in [0.29, 0.717) is 41.8 Å². The number of carbonyl (C=O) groups is 1. The van der Waals surface area contributed by atoms with Gasteiger partial charge in [0.25, 0.3) is 0 Å². The number of aliphatic hydroxyl groups excluding tert-OH is 10. The number of ether oxygens (including phenoxy) is 9. The maximum absolute atomic E-state index is 14.6. The highest BCUT2D eigenvalue weighted by Gasteiger charge is 2.71. The number of hydrogen-bond acceptors (Lipinski definition) is 20. The zero-order chi connectivity index (χ0) is 50.7. The van der Waals surface area contributed by atoms with Gasteiger partial charge in [0.1, 0.15) is 67.5 Å². The Labute approximate surface area is 416 Å². The minimum absolute atomic E-state index is 0.00950. The summed E-state index contributed by atoms with van der Waals surface area (Å²) in [6.07, 6.45) is -7.98. The lowest BCUT2D eigenvalue weighted by atomic mass is 9.44. The summed E-state index contributed by atoms with van der Waals surface area (Å²) in [6.45, 7) is 6.52. The van der Waals surface area contributed by atoms with Crippen LogP contribution in [0.4, 0.5) is 0 Å². The van der Waals surface area contributed by atoms with Crippen LogP contribution in [0.2, 0.25) is 0 Å². The minimum atomic E-state index is -1.50. The van der Waals surface area contributed by atoms with Crippen molar-refractivity contribution in [3.8, 4) is 0 Å². The molecule has 27 atom stereocenters. The Bertz CT molecular complexity index is 1770. The van der Waals surface area contributed by atoms with Gasteiger partial charge in [-0.2, -0.15) is 0 Å². The van der Waals surface area contributed by atoms with Gasteiger partial charge < -0.3 is 93.7 Å². The molecule has 0 aromatic rings. The molecule has 0 amide bonds. The van der Waals surface area contributed by atoms with Crippen molar-refractivity contribution in [2.45, 2.75) is 183 Å². The van der Waals surface area contributed by atoms with Crippen molar-refractivity contribution in [2.75, 3.05) is 66.3 Å². The molecule has 18 unspecified atom stereocenters. The predicted molar refractivity (Wildman–Crippen MR) is 246 cm³/mol. The third-order valence-electron chi connectivity index (χ3n) is 19.8. The Hall–Kier alpha value is -1.09. The van der Waals surface area contributed by atoms with E-state index in [2.05, 4.69) is 27.7 Å². The van der Waals surface area contributed by atoms with Crippen LogP contribution < -0.4 is 0 Å². The van der Waals surface area contributed by atoms with Gasteiger partial charge in [0.15, 0.2) is 5.79 Å². The van der Waals surface area contributed by atoms with Crippen LogP contribution in [0.5, 0.6) is 0 Å². The summed E-state index contributed by atoms with van der Waals surface area (Å²) < 4.78 is 54.4. The molecule has 408 valence electrons. The fourth-order valence-electron chi connectivity index (χ4n) is 15.8. The molecule has 0 aromatic carbocycles. The summed E-state index contributed by atoms with van der Waals surface area (Å²) in [5.41, 5.74) is -0.237. The molecule has 9 rings (SSSR count). The van der Waals surface area contributed by atoms with Crippen molar-refractivity contribution in [2.24, 2.45) is 64.1 Å². The number of carbonyl (C=O) groups excluding carboxylic acids is 1. The van der Waals surface area contributed by atoms with Crippen LogP contribution in [-0.4, -0.2) is 220 Å². The van der Waals surface area contributed by atoms with Crippen LogP contribution in [0.25, 0.3) is 0 Å². The first-order valence-electron chi connectivity index (χ1n) is 26.6. The van der Waals surface area contributed by atoms with Gasteiger partial charge in [-0.05, 0) is 85.4 Å². The van der Waals surface area contributed by atoms with Crippen molar-refractivity contribution in [3.63, 3.8) is 0 Å². The maximum atomic E-state index is 14.6. The van der Waals surface area contributed by atoms with Crippen molar-refractivity contribution >= 4 is 5.78 Å². The van der Waals surface area contributed by atoms with Crippen LogP contribution in [0.15, 0.2) is 0 Å². The molecule has 0 aromatic heterocycles. The minimum Gasteiger partial charge on any atom is -0.396 e. The Kier molecular flexibility index (Phi) is 17.0. The van der Waals surface area contributed by atoms with E-state index in [-0.39, 0.29) is 61.3 Å². The average molecular weight is 1020 g/mol. The molecule has 10 N–H and O–H groups in total. The van der Waals surface area contributed by atoms with Crippen LogP contribution in [0, 0.1) is 64.1 Å². The fourth-order valence-corrected chi connectivity index (χ4v) is 15.8. The summed E-state index contributed by atoms with van der Waals surface area (Å²) >= 11 is 0. The second-order valence-corrected chi connectivity index (χ2v) is 23.7. The number of rotatable bonds is 16. The van der Waals surface area contributed by atoms with Gasteiger partial charge in [-0.1, -0.05) is 27.7 Å². The highest BCUT2D eigenvalue weighted by Crippen LogP contribution is 2.70. The predicted octanol–water partition coefficient (Wildman–Crippen LogP) is -0.958. The normalized spacial score (nSPS) is 53.0. The molecule has 20 heteroatoms. The van der Waals surface area contributed by atoms with Crippen molar-refractivity contribution in [3.05, 3.63) is 0 Å². The van der Waals surface area contributed by atoms with Gasteiger partial charge in [0.2, 0.25) is 0 Å². The summed E-state index contributed by atoms with van der Waals surface area (Å²) in [6, 6.07) is 0. The molecule has 9 aliphatic rings. The first-order valence-corrected chi connectivity index (χ1v) is 26.6. The molecule has 9 fully saturated rings. The van der Waals surface area contributed by atoms with Crippen molar-refractivity contribution in [1.29, 1.82) is 0 Å². The Balaban J connectivity index is 0.715. The molecule has 0 bridgehead atoms. The topological polar surface area (TPSA) is 302 Å². The van der Waals surface area contributed by atoms with Gasteiger partial charge in [0.05, 0.1) is 96.1 Å². The summed E-state index contributed by atoms with van der Waals surface area (Å²) in [4.78, 5) is 14.6. The number of hydrogen-bond donors (Lipinski definition) is 10. The third kappa shape index (κ3) is 9.97. The van der Waals surface area contributed by atoms with Crippen molar-refractivity contribution < 1.29 is 98.5 Å². The average Bonchev–Trinajstić information content (AvgIpc) is 3.80. The zero-order valence-corrected chi connectivity index (χ0v) is 41.8. The molecule has 71 heavy (non-hydrogen) atoms. The van der Waals surface area contributed by atoms with E-state index < -0.39 is 130 Å². The molecular weight excluding hydrogens is 933 g/mol. The first kappa shape index (κ1) is 54.7. The lowest BCUT2D eigenvalue weighted by Gasteiger charge is -2.60. The highest BCUT2D eigenvalue weighted by molar-refractivity contribution is 5.84. The molecule has 4 saturated carbocycles. The largest absolute Gasteiger partial charge is 0.396 e. The quantitative estimate of drug-likeness (QED) is 0.0658. The zero-order valence-electron chi connectivity index (χ0n) is 41.8. The molecule has 0 radical (unpaired) electrons. The monoisotopic (exact) mass is 1020 g/mol. The smallest absolute Gasteiger partial charge is 0.171 e. The number of fused-ring (bicyclic) bond motifs is 7. The molecule has 4 aliphatic carbocycles. The highest BCUT2D eigenvalue weighted by atomic mass is 16.7. The van der Waals surface area contributed by atoms with E-state index in [4.69, 9.17) is 42.6 Å². The van der Waals surface area contributed by atoms with E-state index in [0.717, 1.165) is 58.0 Å². The van der Waals surface area contributed by atoms with E-state index in [1.165, 1.54) is 0 Å². The van der Waals surface area contributed by atoms with Crippen LogP contribution in [0.3, 0.4) is 0 Å². The van der Waals surface area contributed by atoms with Gasteiger partial charge >= 0.3 is 0 Å². The van der Waals surface area contributed by atoms with Gasteiger partial charge in [-0.25, -0.2) is 0 Å². The van der Waals surface area contributed by atoms with E-state index in [1.807, 2.05) is 0 Å². The second-order valence-electron chi connectivity index (χ2n) is 23.7. The summed E-state index contributed by atoms with van der Waals surface area (Å²) in [7, 11) is 0. The van der Waals surface area contributed by atoms with E-state index in [1.54, 1.807) is 0 Å². The fraction of sp³-hybridized carbons (Fsp3) is 0.980. The Morgan fingerprint density at radius 3 is 1.92 bits per heavy atom. The van der Waals surface area contributed by atoms with Crippen LogP contribution in [-0.2, 0) is 47.4 Å². The van der Waals surface area contributed by atoms with E-state index in [9.17, 15) is 55.9 Å². The number of aliphatic hydroxyl groups is 10. The molecule has 5 aliphatic heterocycles. The van der Waals surface area contributed by atoms with Gasteiger partial charge in [0, 0.05) is 36.5 Å². The second kappa shape index (κ2) is 22.1. The van der Waals surface area contributed by atoms with Crippen molar-refractivity contribution in [1.82, 2.24) is 0 Å². The van der Waals surface area contributed by atoms with Gasteiger partial charge in [-0.3, -0.25) is 4.79 Å². The Morgan fingerprint density at radius 2 is 1.25 bits per heavy atom. The third-order valence-corrected chi connectivity index (χ3v) is 19.8. The van der Waals surface area contributed by atoms with Gasteiger partial charge in [-0.15, -0.1) is 0 Å². The lowest BCUT2D eigenvalue weighted by Crippen LogP contribution is -2.61. The standard InChI is InChI=1S/C51H84O20/c1-24-7-10-51(67-18-24)25(2)40-33(71-51)12-31-28-6-5-26-11-27(8-9-49(26,3)41(28)32(56)13-50(31,40)4)65-22-39-46(61)47(62)48(36(17-55)70-39)66-23-64-21-38-45(60)43(58)30(35(16-54)69-38)19-63-20-37-44(59)42(57)29(14-52)34(15-53)68-37/h24-31,33-48,52-55,57-62H,5-23H2,1-4H3/t24?,25-,26-,27-,28-,29?,30?,31-,33?,34?,35?,36?,37?,38?,39?,40?,41+,42?,43?,44?,45?,46?,47?,48?,49-,50-,51+/m0/s1. The first-order chi connectivity index (χ1) is 33.9. The van der Waals surface area contributed by atoms with Crippen LogP contribution >= 0.6 is 0 Å². The lowest BCUT2D eigenvalue weighted by molar-refractivity contribution is -0.275. The SMILES string of the molecule is CC1CC[C@@]2(OC1)OC1C[C@H]3[C@@H]4CC[C@H]5C[C@@H](OCC6OC(CO)C(OCOCC7OC(CO)C(COCC8OC(CO)C(CO)C(O)C8O)C(O)C7O)C(O)C6O)CC[C@]5(C)[C@H]4C(=O)C[C@]3(C)C1[C@@H]2C. The van der Waals surface area contributed by atoms with Crippen LogP contribution in [0.1, 0.15) is 85.5 Å². The molecule has 1 spiro atoms. The number of ketones is 1. The molecule has 20 nitrogen and oxygen atoms in total. The maximum Gasteiger partial charge on any atom is 0.171 e. The molecular formula is C51H84O20. The molecule has 5 saturated heterocycles. The summed E-state index contributed by atoms with van der Waals surface area (Å²) in [5.74, 6) is 0.243. The van der Waals surface area contributed by atoms with E-state index >= 15 is 0 Å². The Morgan fingerprint density at radius 1 is 0.620 bits per heavy atom. The number of Topliss-reactive ketones (excluding diaryl/α,β-unsaturated/α-hetero) is 1. The molecule has 5 heterocycles. The summed E-state index contributed by atoms with van der Waals surface area (Å²) in [5, 5.41) is 105.